The van der Waals surface area contributed by atoms with Crippen molar-refractivity contribution in [3.8, 4) is 11.1 Å². The average molecular weight is 238 g/mol. The fourth-order valence-corrected chi connectivity index (χ4v) is 2.39. The largest absolute Gasteiger partial charge is 0.481 e. The summed E-state index contributed by atoms with van der Waals surface area (Å²) in [6, 6.07) is 18.4. The second-order valence-electron chi connectivity index (χ2n) is 4.77. The molecule has 1 fully saturated rings. The highest BCUT2D eigenvalue weighted by Gasteiger charge is 2.43. The topological polar surface area (TPSA) is 37.3 Å². The molecular formula is C16H14O2. The molecule has 2 aromatic rings. The minimum absolute atomic E-state index is 0.174. The zero-order chi connectivity index (χ0) is 12.5. The van der Waals surface area contributed by atoms with E-state index < -0.39 is 5.97 Å². The van der Waals surface area contributed by atoms with Gasteiger partial charge < -0.3 is 5.11 Å². The fourth-order valence-electron chi connectivity index (χ4n) is 2.39. The van der Waals surface area contributed by atoms with Gasteiger partial charge in [-0.2, -0.15) is 0 Å². The first kappa shape index (κ1) is 11.0. The summed E-state index contributed by atoms with van der Waals surface area (Å²) in [6.45, 7) is 0. The molecule has 1 aliphatic carbocycles. The van der Waals surface area contributed by atoms with E-state index >= 15 is 0 Å². The van der Waals surface area contributed by atoms with Crippen LogP contribution in [0.15, 0.2) is 54.6 Å². The molecule has 0 unspecified atom stereocenters. The predicted octanol–water partition coefficient (Wildman–Crippen LogP) is 3.54. The van der Waals surface area contributed by atoms with Gasteiger partial charge in [0.05, 0.1) is 5.92 Å². The summed E-state index contributed by atoms with van der Waals surface area (Å²) in [7, 11) is 0. The standard InChI is InChI=1S/C16H14O2/c17-16(18)15-10-14(15)13-8-6-12(7-9-13)11-4-2-1-3-5-11/h1-9,14-15H,10H2,(H,17,18)/t14-,15+/m1/s1. The van der Waals surface area contributed by atoms with Gasteiger partial charge in [0.1, 0.15) is 0 Å². The molecule has 2 nitrogen and oxygen atoms in total. The number of rotatable bonds is 3. The highest BCUT2D eigenvalue weighted by molar-refractivity contribution is 5.75. The Bertz CT molecular complexity index is 557. The van der Waals surface area contributed by atoms with Crippen LogP contribution in [0, 0.1) is 5.92 Å². The summed E-state index contributed by atoms with van der Waals surface area (Å²) >= 11 is 0. The van der Waals surface area contributed by atoms with Crippen LogP contribution in [0.2, 0.25) is 0 Å². The molecule has 0 radical (unpaired) electrons. The highest BCUT2D eigenvalue weighted by Crippen LogP contribution is 2.47. The summed E-state index contributed by atoms with van der Waals surface area (Å²) in [5, 5.41) is 8.92. The van der Waals surface area contributed by atoms with E-state index in [1.54, 1.807) is 0 Å². The molecule has 0 bridgehead atoms. The summed E-state index contributed by atoms with van der Waals surface area (Å²) < 4.78 is 0. The molecule has 2 atom stereocenters. The maximum absolute atomic E-state index is 10.8. The third-order valence-corrected chi connectivity index (χ3v) is 3.55. The van der Waals surface area contributed by atoms with Gasteiger partial charge in [-0.05, 0) is 29.0 Å². The van der Waals surface area contributed by atoms with E-state index in [1.165, 1.54) is 11.1 Å². The Morgan fingerprint density at radius 2 is 1.56 bits per heavy atom. The lowest BCUT2D eigenvalue weighted by molar-refractivity contribution is -0.138. The van der Waals surface area contributed by atoms with Gasteiger partial charge in [-0.1, -0.05) is 54.6 Å². The van der Waals surface area contributed by atoms with Crippen molar-refractivity contribution in [1.82, 2.24) is 0 Å². The third kappa shape index (κ3) is 2.02. The van der Waals surface area contributed by atoms with Crippen molar-refractivity contribution in [2.24, 2.45) is 5.92 Å². The first-order valence-corrected chi connectivity index (χ1v) is 6.14. The Morgan fingerprint density at radius 3 is 2.11 bits per heavy atom. The molecular weight excluding hydrogens is 224 g/mol. The quantitative estimate of drug-likeness (QED) is 0.888. The lowest BCUT2D eigenvalue weighted by atomic mass is 10.0. The van der Waals surface area contributed by atoms with Crippen LogP contribution in [0.4, 0.5) is 0 Å². The number of benzene rings is 2. The van der Waals surface area contributed by atoms with Crippen molar-refractivity contribution in [2.75, 3.05) is 0 Å². The predicted molar refractivity (Wildman–Crippen MR) is 70.4 cm³/mol. The van der Waals surface area contributed by atoms with Crippen LogP contribution in [0.5, 0.6) is 0 Å². The Hall–Kier alpha value is -2.09. The number of carboxylic acids is 1. The summed E-state index contributed by atoms with van der Waals surface area (Å²) in [5.74, 6) is -0.632. The molecule has 0 saturated heterocycles. The van der Waals surface area contributed by atoms with Crippen molar-refractivity contribution in [3.63, 3.8) is 0 Å². The van der Waals surface area contributed by atoms with Crippen molar-refractivity contribution >= 4 is 5.97 Å². The molecule has 1 aliphatic rings. The van der Waals surface area contributed by atoms with Crippen molar-refractivity contribution < 1.29 is 9.90 Å². The Labute approximate surface area is 106 Å². The molecule has 2 heteroatoms. The van der Waals surface area contributed by atoms with E-state index in [1.807, 2.05) is 18.2 Å². The van der Waals surface area contributed by atoms with E-state index in [0.717, 1.165) is 12.0 Å². The van der Waals surface area contributed by atoms with Gasteiger partial charge in [0.2, 0.25) is 0 Å². The van der Waals surface area contributed by atoms with E-state index in [2.05, 4.69) is 36.4 Å². The fraction of sp³-hybridized carbons (Fsp3) is 0.188. The molecule has 90 valence electrons. The van der Waals surface area contributed by atoms with Crippen molar-refractivity contribution in [3.05, 3.63) is 60.2 Å². The maximum Gasteiger partial charge on any atom is 0.307 e. The molecule has 0 aliphatic heterocycles. The van der Waals surface area contributed by atoms with Crippen LogP contribution < -0.4 is 0 Å². The smallest absolute Gasteiger partial charge is 0.307 e. The van der Waals surface area contributed by atoms with Gasteiger partial charge in [0.25, 0.3) is 0 Å². The Kier molecular flexibility index (Phi) is 2.63. The van der Waals surface area contributed by atoms with E-state index in [4.69, 9.17) is 5.11 Å². The third-order valence-electron chi connectivity index (χ3n) is 3.55. The molecule has 0 spiro atoms. The summed E-state index contributed by atoms with van der Waals surface area (Å²) in [5.41, 5.74) is 3.50. The Balaban J connectivity index is 1.81. The molecule has 2 aromatic carbocycles. The van der Waals surface area contributed by atoms with Crippen molar-refractivity contribution in [2.45, 2.75) is 12.3 Å². The molecule has 0 aromatic heterocycles. The van der Waals surface area contributed by atoms with Crippen LogP contribution in [0.25, 0.3) is 11.1 Å². The number of carboxylic acid groups (broad SMARTS) is 1. The van der Waals surface area contributed by atoms with Gasteiger partial charge in [-0.3, -0.25) is 4.79 Å². The number of aliphatic carboxylic acids is 1. The Morgan fingerprint density at radius 1 is 0.944 bits per heavy atom. The van der Waals surface area contributed by atoms with Crippen LogP contribution in [-0.2, 0) is 4.79 Å². The monoisotopic (exact) mass is 238 g/mol. The first-order valence-electron chi connectivity index (χ1n) is 6.14. The van der Waals surface area contributed by atoms with Crippen LogP contribution in [0.1, 0.15) is 17.9 Å². The number of hydrogen-bond acceptors (Lipinski definition) is 1. The van der Waals surface area contributed by atoms with Gasteiger partial charge >= 0.3 is 5.97 Å². The van der Waals surface area contributed by atoms with Crippen molar-refractivity contribution in [1.29, 1.82) is 0 Å². The minimum Gasteiger partial charge on any atom is -0.481 e. The molecule has 3 rings (SSSR count). The highest BCUT2D eigenvalue weighted by atomic mass is 16.4. The second-order valence-corrected chi connectivity index (χ2v) is 4.77. The zero-order valence-corrected chi connectivity index (χ0v) is 9.91. The molecule has 18 heavy (non-hydrogen) atoms. The van der Waals surface area contributed by atoms with E-state index in [0.29, 0.717) is 0 Å². The lowest BCUT2D eigenvalue weighted by Gasteiger charge is -2.03. The van der Waals surface area contributed by atoms with Crippen LogP contribution in [0.3, 0.4) is 0 Å². The molecule has 1 saturated carbocycles. The van der Waals surface area contributed by atoms with Gasteiger partial charge in [-0.15, -0.1) is 0 Å². The lowest BCUT2D eigenvalue weighted by Crippen LogP contribution is -1.98. The van der Waals surface area contributed by atoms with E-state index in [9.17, 15) is 4.79 Å². The van der Waals surface area contributed by atoms with Gasteiger partial charge in [0, 0.05) is 0 Å². The SMILES string of the molecule is O=C(O)[C@H]1C[C@@H]1c1ccc(-c2ccccc2)cc1. The first-order chi connectivity index (χ1) is 8.75. The molecule has 0 amide bonds. The molecule has 1 N–H and O–H groups in total. The number of hydrogen-bond donors (Lipinski definition) is 1. The maximum atomic E-state index is 10.8. The summed E-state index contributed by atoms with van der Waals surface area (Å²) in [4.78, 5) is 10.8. The minimum atomic E-state index is -0.674. The number of carbonyl (C=O) groups is 1. The normalized spacial score (nSPS) is 21.6. The summed E-state index contributed by atoms with van der Waals surface area (Å²) in [6.07, 6.45) is 0.778. The zero-order valence-electron chi connectivity index (χ0n) is 9.91. The average Bonchev–Trinajstić information content (AvgIpc) is 3.20. The second kappa shape index (κ2) is 4.30. The van der Waals surface area contributed by atoms with E-state index in [-0.39, 0.29) is 11.8 Å². The van der Waals surface area contributed by atoms with Gasteiger partial charge in [0.15, 0.2) is 0 Å². The van der Waals surface area contributed by atoms with Gasteiger partial charge in [-0.25, -0.2) is 0 Å². The van der Waals surface area contributed by atoms with Crippen LogP contribution in [-0.4, -0.2) is 11.1 Å². The molecule has 0 heterocycles. The van der Waals surface area contributed by atoms with Crippen LogP contribution >= 0.6 is 0 Å².